The van der Waals surface area contributed by atoms with Crippen molar-refractivity contribution in [2.24, 2.45) is 0 Å². The molecule has 0 heterocycles. The molecule has 1 amide bonds. The molecule has 1 atom stereocenters. The molecule has 4 rings (SSSR count). The molecule has 8 nitrogen and oxygen atoms in total. The van der Waals surface area contributed by atoms with Crippen molar-refractivity contribution < 1.29 is 29.0 Å². The first kappa shape index (κ1) is 29.9. The topological polar surface area (TPSA) is 105 Å². The number of nitrogens with one attached hydrogen (secondary N) is 1. The van der Waals surface area contributed by atoms with Gasteiger partial charge in [-0.05, 0) is 42.0 Å². The van der Waals surface area contributed by atoms with E-state index in [-0.39, 0.29) is 24.7 Å². The van der Waals surface area contributed by atoms with Crippen LogP contribution in [0.3, 0.4) is 0 Å². The number of ketones is 1. The number of carbonyl (C=O) groups is 3. The minimum absolute atomic E-state index is 0.0264. The van der Waals surface area contributed by atoms with Gasteiger partial charge in [0.2, 0.25) is 5.91 Å². The summed E-state index contributed by atoms with van der Waals surface area (Å²) in [6, 6.07) is 29.3. The summed E-state index contributed by atoms with van der Waals surface area (Å²) in [6.45, 7) is 2.44. The Labute approximate surface area is 245 Å². The van der Waals surface area contributed by atoms with Crippen molar-refractivity contribution in [3.8, 4) is 11.5 Å². The first-order chi connectivity index (χ1) is 20.4. The van der Waals surface area contributed by atoms with E-state index in [2.05, 4.69) is 5.32 Å². The van der Waals surface area contributed by atoms with Crippen LogP contribution in [0.5, 0.6) is 11.5 Å². The largest absolute Gasteiger partial charge is 0.497 e. The predicted molar refractivity (Wildman–Crippen MR) is 163 cm³/mol. The summed E-state index contributed by atoms with van der Waals surface area (Å²) in [4.78, 5) is 39.5. The Kier molecular flexibility index (Phi) is 10.3. The van der Waals surface area contributed by atoms with Gasteiger partial charge in [-0.1, -0.05) is 67.6 Å². The molecule has 0 aliphatic heterocycles. The monoisotopic (exact) mass is 566 g/mol. The maximum absolute atomic E-state index is 13.1. The predicted octanol–water partition coefficient (Wildman–Crippen LogP) is 5.86. The second-order valence-electron chi connectivity index (χ2n) is 9.57. The number of aliphatic carboxylic acids is 1. The Morgan fingerprint density at radius 3 is 2.26 bits per heavy atom. The quantitative estimate of drug-likeness (QED) is 0.184. The molecule has 0 aliphatic rings. The zero-order valence-corrected chi connectivity index (χ0v) is 23.7. The van der Waals surface area contributed by atoms with Gasteiger partial charge in [0.05, 0.1) is 13.7 Å². The molecule has 0 aromatic heterocycles. The van der Waals surface area contributed by atoms with Crippen LogP contribution in [-0.4, -0.2) is 49.1 Å². The number of hydrogen-bond acceptors (Lipinski definition) is 6. The molecular weight excluding hydrogens is 532 g/mol. The number of carboxylic acids is 1. The van der Waals surface area contributed by atoms with Crippen molar-refractivity contribution in [3.05, 3.63) is 120 Å². The van der Waals surface area contributed by atoms with Crippen molar-refractivity contribution >= 4 is 29.0 Å². The van der Waals surface area contributed by atoms with Crippen LogP contribution in [0, 0.1) is 0 Å². The molecule has 0 radical (unpaired) electrons. The number of amides is 1. The molecule has 2 N–H and O–H groups in total. The average Bonchev–Trinajstić information content (AvgIpc) is 3.03. The lowest BCUT2D eigenvalue weighted by molar-refractivity contribution is -0.137. The van der Waals surface area contributed by atoms with E-state index >= 15 is 0 Å². The van der Waals surface area contributed by atoms with Crippen LogP contribution >= 0.6 is 0 Å². The van der Waals surface area contributed by atoms with Gasteiger partial charge in [-0.25, -0.2) is 4.79 Å². The van der Waals surface area contributed by atoms with E-state index in [1.165, 1.54) is 0 Å². The minimum atomic E-state index is -1.03. The number of ether oxygens (including phenoxy) is 2. The lowest BCUT2D eigenvalue weighted by Crippen LogP contribution is -2.34. The van der Waals surface area contributed by atoms with Crippen molar-refractivity contribution in [2.45, 2.75) is 25.8 Å². The Bertz CT molecular complexity index is 1500. The second-order valence-corrected chi connectivity index (χ2v) is 9.57. The van der Waals surface area contributed by atoms with Crippen molar-refractivity contribution in [3.63, 3.8) is 0 Å². The Morgan fingerprint density at radius 1 is 0.857 bits per heavy atom. The number of para-hydroxylation sites is 1. The third-order valence-electron chi connectivity index (χ3n) is 6.75. The van der Waals surface area contributed by atoms with Crippen molar-refractivity contribution in [1.82, 2.24) is 0 Å². The van der Waals surface area contributed by atoms with E-state index in [1.54, 1.807) is 72.7 Å². The van der Waals surface area contributed by atoms with Crippen LogP contribution in [0.4, 0.5) is 11.4 Å². The average molecular weight is 567 g/mol. The molecule has 0 aliphatic carbocycles. The molecular formula is C34H34N2O6. The highest BCUT2D eigenvalue weighted by Gasteiger charge is 2.21. The van der Waals surface area contributed by atoms with Gasteiger partial charge in [0.25, 0.3) is 0 Å². The van der Waals surface area contributed by atoms with Crippen LogP contribution in [0.1, 0.15) is 34.8 Å². The Balaban J connectivity index is 1.39. The summed E-state index contributed by atoms with van der Waals surface area (Å²) in [5.41, 5.74) is 2.91. The standard InChI is InChI=1S/C34H34N2O6/c1-3-32(37)36(26-12-9-13-28(23-26)41-2)20-21-42-27-18-16-24(17-19-27)22-31(34(39)40)35-30-15-8-7-14-29(30)33(38)25-10-5-4-6-11-25/h4-19,23,31,35H,3,20-22H2,1-2H3,(H,39,40)/t31-/m0/s1. The molecule has 0 bridgehead atoms. The third kappa shape index (κ3) is 7.75. The molecule has 0 saturated carbocycles. The summed E-state index contributed by atoms with van der Waals surface area (Å²) in [7, 11) is 1.58. The molecule has 0 unspecified atom stereocenters. The normalized spacial score (nSPS) is 11.3. The molecule has 42 heavy (non-hydrogen) atoms. The van der Waals surface area contributed by atoms with Gasteiger partial charge in [0.1, 0.15) is 24.1 Å². The second kappa shape index (κ2) is 14.5. The molecule has 0 saturated heterocycles. The number of nitrogens with zero attached hydrogens (tertiary/aromatic N) is 1. The smallest absolute Gasteiger partial charge is 0.326 e. The molecule has 0 fully saturated rings. The molecule has 4 aromatic rings. The van der Waals surface area contributed by atoms with E-state index in [0.717, 1.165) is 11.3 Å². The summed E-state index contributed by atoms with van der Waals surface area (Å²) in [5, 5.41) is 13.0. The first-order valence-electron chi connectivity index (χ1n) is 13.7. The number of rotatable bonds is 14. The zero-order valence-electron chi connectivity index (χ0n) is 23.7. The summed E-state index contributed by atoms with van der Waals surface area (Å²) in [5.74, 6) is 0.0252. The highest BCUT2D eigenvalue weighted by atomic mass is 16.5. The number of hydrogen-bond donors (Lipinski definition) is 2. The summed E-state index contributed by atoms with van der Waals surface area (Å²) < 4.78 is 11.2. The van der Waals surface area contributed by atoms with Gasteiger partial charge in [-0.3, -0.25) is 9.59 Å². The van der Waals surface area contributed by atoms with Gasteiger partial charge >= 0.3 is 5.97 Å². The first-order valence-corrected chi connectivity index (χ1v) is 13.7. The van der Waals surface area contributed by atoms with Gasteiger partial charge in [-0.2, -0.15) is 0 Å². The summed E-state index contributed by atoms with van der Waals surface area (Å²) in [6.07, 6.45) is 0.549. The zero-order chi connectivity index (χ0) is 29.9. The van der Waals surface area contributed by atoms with E-state index in [4.69, 9.17) is 9.47 Å². The third-order valence-corrected chi connectivity index (χ3v) is 6.75. The maximum Gasteiger partial charge on any atom is 0.326 e. The van der Waals surface area contributed by atoms with Crippen LogP contribution in [-0.2, 0) is 16.0 Å². The lowest BCUT2D eigenvalue weighted by Gasteiger charge is -2.23. The highest BCUT2D eigenvalue weighted by molar-refractivity contribution is 6.12. The number of methoxy groups -OCH3 is 1. The molecule has 216 valence electrons. The number of benzene rings is 4. The van der Waals surface area contributed by atoms with E-state index in [1.807, 2.05) is 49.4 Å². The minimum Gasteiger partial charge on any atom is -0.497 e. The van der Waals surface area contributed by atoms with Gasteiger partial charge in [0, 0.05) is 41.4 Å². The van der Waals surface area contributed by atoms with Crippen LogP contribution in [0.15, 0.2) is 103 Å². The van der Waals surface area contributed by atoms with Crippen molar-refractivity contribution in [1.29, 1.82) is 0 Å². The molecule has 4 aromatic carbocycles. The van der Waals surface area contributed by atoms with Gasteiger partial charge < -0.3 is 24.8 Å². The Hall–Kier alpha value is -5.11. The SMILES string of the molecule is CCC(=O)N(CCOc1ccc(C[C@H](Nc2ccccc2C(=O)c2ccccc2)C(=O)O)cc1)c1cccc(OC)c1. The number of carbonyl (C=O) groups excluding carboxylic acids is 2. The molecule has 8 heteroatoms. The number of anilines is 2. The van der Waals surface area contributed by atoms with Crippen LogP contribution in [0.2, 0.25) is 0 Å². The maximum atomic E-state index is 13.1. The fourth-order valence-electron chi connectivity index (χ4n) is 4.52. The fourth-order valence-corrected chi connectivity index (χ4v) is 4.52. The Morgan fingerprint density at radius 2 is 1.57 bits per heavy atom. The van der Waals surface area contributed by atoms with E-state index in [9.17, 15) is 19.5 Å². The van der Waals surface area contributed by atoms with Gasteiger partial charge in [0.15, 0.2) is 5.78 Å². The number of carboxylic acid groups (broad SMARTS) is 1. The fraction of sp³-hybridized carbons (Fsp3) is 0.206. The van der Waals surface area contributed by atoms with E-state index < -0.39 is 12.0 Å². The molecule has 0 spiro atoms. The summed E-state index contributed by atoms with van der Waals surface area (Å²) >= 11 is 0. The van der Waals surface area contributed by atoms with E-state index in [0.29, 0.717) is 41.3 Å². The van der Waals surface area contributed by atoms with Gasteiger partial charge in [-0.15, -0.1) is 0 Å². The van der Waals surface area contributed by atoms with Crippen LogP contribution < -0.4 is 19.7 Å². The lowest BCUT2D eigenvalue weighted by atomic mass is 10.00. The van der Waals surface area contributed by atoms with Crippen molar-refractivity contribution in [2.75, 3.05) is 30.5 Å². The highest BCUT2D eigenvalue weighted by Crippen LogP contribution is 2.23. The van der Waals surface area contributed by atoms with Crippen LogP contribution in [0.25, 0.3) is 0 Å².